The maximum Gasteiger partial charge on any atom is 0.407 e. The van der Waals surface area contributed by atoms with Crippen molar-refractivity contribution in [3.63, 3.8) is 0 Å². The summed E-state index contributed by atoms with van der Waals surface area (Å²) >= 11 is 0. The van der Waals surface area contributed by atoms with Crippen molar-refractivity contribution >= 4 is 6.09 Å². The number of hydrogen-bond acceptors (Lipinski definition) is 3. The van der Waals surface area contributed by atoms with E-state index in [9.17, 15) is 4.79 Å². The summed E-state index contributed by atoms with van der Waals surface area (Å²) in [5.74, 6) is 0.806. The molecular formula is C17H18NO3. The van der Waals surface area contributed by atoms with Crippen LogP contribution in [0.3, 0.4) is 0 Å². The summed E-state index contributed by atoms with van der Waals surface area (Å²) in [4.78, 5) is 11.5. The minimum atomic E-state index is -0.409. The number of hydrogen-bond donors (Lipinski definition) is 1. The summed E-state index contributed by atoms with van der Waals surface area (Å²) in [5.41, 5.74) is 0.969. The van der Waals surface area contributed by atoms with Crippen molar-refractivity contribution in [3.05, 3.63) is 66.2 Å². The van der Waals surface area contributed by atoms with Gasteiger partial charge in [-0.05, 0) is 30.2 Å². The summed E-state index contributed by atoms with van der Waals surface area (Å²) in [6.07, 6.45) is 0.312. The Labute approximate surface area is 124 Å². The standard InChI is InChI=1S/C17H18NO3/c19-17(21-14-15-8-3-1-4-9-15)18-12-7-13-20-16-10-5-2-6-11-16/h1,3-6,8-11H,7,12-14H2,(H,18,19). The molecule has 2 rings (SSSR count). The maximum absolute atomic E-state index is 11.5. The first kappa shape index (κ1) is 14.9. The quantitative estimate of drug-likeness (QED) is 0.794. The van der Waals surface area contributed by atoms with E-state index in [2.05, 4.69) is 11.4 Å². The average molecular weight is 284 g/mol. The lowest BCUT2D eigenvalue weighted by atomic mass is 10.2. The predicted octanol–water partition coefficient (Wildman–Crippen LogP) is 3.18. The third-order valence-corrected chi connectivity index (χ3v) is 2.76. The van der Waals surface area contributed by atoms with Gasteiger partial charge in [0.15, 0.2) is 0 Å². The van der Waals surface area contributed by atoms with E-state index in [1.807, 2.05) is 42.5 Å². The van der Waals surface area contributed by atoms with E-state index < -0.39 is 6.09 Å². The Hall–Kier alpha value is -2.49. The molecule has 0 fully saturated rings. The second kappa shape index (κ2) is 8.64. The molecule has 4 heteroatoms. The lowest BCUT2D eigenvalue weighted by molar-refractivity contribution is 0.139. The monoisotopic (exact) mass is 284 g/mol. The molecule has 1 N–H and O–H groups in total. The number of carbonyl (C=O) groups excluding carboxylic acids is 1. The third-order valence-electron chi connectivity index (χ3n) is 2.76. The summed E-state index contributed by atoms with van der Waals surface area (Å²) in [6.45, 7) is 1.35. The molecule has 2 aromatic carbocycles. The van der Waals surface area contributed by atoms with Crippen molar-refractivity contribution in [2.75, 3.05) is 13.2 Å². The molecule has 0 aliphatic heterocycles. The highest BCUT2D eigenvalue weighted by Gasteiger charge is 2.01. The van der Waals surface area contributed by atoms with Gasteiger partial charge in [-0.25, -0.2) is 4.79 Å². The van der Waals surface area contributed by atoms with E-state index >= 15 is 0 Å². The summed E-state index contributed by atoms with van der Waals surface area (Å²) < 4.78 is 10.6. The van der Waals surface area contributed by atoms with E-state index in [-0.39, 0.29) is 6.61 Å². The highest BCUT2D eigenvalue weighted by atomic mass is 16.5. The number of benzene rings is 2. The molecule has 0 spiro atoms. The van der Waals surface area contributed by atoms with Crippen LogP contribution in [0, 0.1) is 6.07 Å². The van der Waals surface area contributed by atoms with Gasteiger partial charge in [0.1, 0.15) is 12.4 Å². The van der Waals surface area contributed by atoms with E-state index in [0.29, 0.717) is 13.2 Å². The van der Waals surface area contributed by atoms with Gasteiger partial charge >= 0.3 is 6.09 Å². The Morgan fingerprint density at radius 1 is 1.10 bits per heavy atom. The van der Waals surface area contributed by atoms with Crippen LogP contribution in [-0.2, 0) is 11.3 Å². The number of ether oxygens (including phenoxy) is 2. The van der Waals surface area contributed by atoms with Gasteiger partial charge in [0.2, 0.25) is 0 Å². The molecule has 1 amide bonds. The van der Waals surface area contributed by atoms with Gasteiger partial charge in [0.25, 0.3) is 0 Å². The third kappa shape index (κ3) is 5.99. The smallest absolute Gasteiger partial charge is 0.407 e. The van der Waals surface area contributed by atoms with Crippen LogP contribution in [0.15, 0.2) is 54.6 Å². The SMILES string of the molecule is O=C(NCCCOc1cc[c]cc1)OCc1ccccc1. The first-order chi connectivity index (χ1) is 10.3. The number of rotatable bonds is 7. The Balaban J connectivity index is 1.53. The minimum Gasteiger partial charge on any atom is -0.494 e. The summed E-state index contributed by atoms with van der Waals surface area (Å²) in [5, 5.41) is 2.69. The van der Waals surface area contributed by atoms with Crippen LogP contribution >= 0.6 is 0 Å². The fourth-order valence-electron chi connectivity index (χ4n) is 1.69. The highest BCUT2D eigenvalue weighted by Crippen LogP contribution is 2.07. The Morgan fingerprint density at radius 3 is 2.62 bits per heavy atom. The zero-order chi connectivity index (χ0) is 14.8. The number of carbonyl (C=O) groups is 1. The van der Waals surface area contributed by atoms with Crippen molar-refractivity contribution < 1.29 is 14.3 Å². The molecule has 0 saturated carbocycles. The second-order valence-corrected chi connectivity index (χ2v) is 4.43. The largest absolute Gasteiger partial charge is 0.494 e. The van der Waals surface area contributed by atoms with E-state index in [1.165, 1.54) is 0 Å². The molecule has 0 bridgehead atoms. The molecule has 1 radical (unpaired) electrons. The van der Waals surface area contributed by atoms with Gasteiger partial charge in [-0.2, -0.15) is 0 Å². The van der Waals surface area contributed by atoms with Crippen molar-refractivity contribution in [2.24, 2.45) is 0 Å². The molecule has 0 aliphatic carbocycles. The van der Waals surface area contributed by atoms with Gasteiger partial charge in [0, 0.05) is 6.54 Å². The lowest BCUT2D eigenvalue weighted by Gasteiger charge is -2.08. The fourth-order valence-corrected chi connectivity index (χ4v) is 1.69. The van der Waals surface area contributed by atoms with Crippen LogP contribution in [0.2, 0.25) is 0 Å². The Kier molecular flexibility index (Phi) is 6.13. The summed E-state index contributed by atoms with van der Waals surface area (Å²) in [7, 11) is 0. The molecule has 0 saturated heterocycles. The molecule has 0 heterocycles. The van der Waals surface area contributed by atoms with Crippen molar-refractivity contribution in [1.29, 1.82) is 0 Å². The van der Waals surface area contributed by atoms with Gasteiger partial charge in [-0.1, -0.05) is 42.5 Å². The van der Waals surface area contributed by atoms with Crippen LogP contribution in [0.4, 0.5) is 4.79 Å². The van der Waals surface area contributed by atoms with Gasteiger partial charge < -0.3 is 14.8 Å². The van der Waals surface area contributed by atoms with Crippen LogP contribution in [0.1, 0.15) is 12.0 Å². The molecule has 21 heavy (non-hydrogen) atoms. The van der Waals surface area contributed by atoms with Gasteiger partial charge in [-0.3, -0.25) is 0 Å². The molecule has 0 aromatic heterocycles. The number of alkyl carbamates (subject to hydrolysis) is 1. The zero-order valence-corrected chi connectivity index (χ0v) is 11.7. The lowest BCUT2D eigenvalue weighted by Crippen LogP contribution is -2.26. The summed E-state index contributed by atoms with van der Waals surface area (Å²) in [6, 6.07) is 19.8. The van der Waals surface area contributed by atoms with Crippen LogP contribution in [-0.4, -0.2) is 19.2 Å². The van der Waals surface area contributed by atoms with Crippen molar-refractivity contribution in [2.45, 2.75) is 13.0 Å². The maximum atomic E-state index is 11.5. The zero-order valence-electron chi connectivity index (χ0n) is 11.7. The van der Waals surface area contributed by atoms with Gasteiger partial charge in [0.05, 0.1) is 6.61 Å². The Morgan fingerprint density at radius 2 is 1.86 bits per heavy atom. The Bertz CT molecular complexity index is 528. The first-order valence-electron chi connectivity index (χ1n) is 6.88. The van der Waals surface area contributed by atoms with Crippen LogP contribution in [0.5, 0.6) is 5.75 Å². The molecule has 109 valence electrons. The van der Waals surface area contributed by atoms with Gasteiger partial charge in [-0.15, -0.1) is 0 Å². The van der Waals surface area contributed by atoms with E-state index in [4.69, 9.17) is 9.47 Å². The molecule has 0 unspecified atom stereocenters. The highest BCUT2D eigenvalue weighted by molar-refractivity contribution is 5.67. The van der Waals surface area contributed by atoms with Crippen LogP contribution in [0.25, 0.3) is 0 Å². The normalized spacial score (nSPS) is 9.90. The molecule has 4 nitrogen and oxygen atoms in total. The number of amides is 1. The molecule has 0 aliphatic rings. The van der Waals surface area contributed by atoms with Crippen molar-refractivity contribution in [3.8, 4) is 5.75 Å². The molecular weight excluding hydrogens is 266 g/mol. The average Bonchev–Trinajstić information content (AvgIpc) is 2.54. The fraction of sp³-hybridized carbons (Fsp3) is 0.235. The topological polar surface area (TPSA) is 47.6 Å². The van der Waals surface area contributed by atoms with E-state index in [0.717, 1.165) is 17.7 Å². The van der Waals surface area contributed by atoms with Crippen LogP contribution < -0.4 is 10.1 Å². The minimum absolute atomic E-state index is 0.281. The second-order valence-electron chi connectivity index (χ2n) is 4.43. The molecule has 2 aromatic rings. The first-order valence-corrected chi connectivity index (χ1v) is 6.88. The van der Waals surface area contributed by atoms with Crippen molar-refractivity contribution in [1.82, 2.24) is 5.32 Å². The predicted molar refractivity (Wildman–Crippen MR) is 80.0 cm³/mol. The molecule has 0 atom stereocenters. The van der Waals surface area contributed by atoms with E-state index in [1.54, 1.807) is 12.1 Å². The number of nitrogens with one attached hydrogen (secondary N) is 1.